The van der Waals surface area contributed by atoms with E-state index in [1.807, 2.05) is 21.1 Å². The van der Waals surface area contributed by atoms with Crippen LogP contribution in [0.4, 0.5) is 0 Å². The van der Waals surface area contributed by atoms with E-state index in [2.05, 4.69) is 74.6 Å². The van der Waals surface area contributed by atoms with Gasteiger partial charge in [0.1, 0.15) is 19.3 Å². The Morgan fingerprint density at radius 1 is 0.525 bits per heavy atom. The fraction of sp³-hybridized carbons (Fsp3) is 0.788. The highest BCUT2D eigenvalue weighted by Crippen LogP contribution is 2.38. The van der Waals surface area contributed by atoms with Gasteiger partial charge >= 0.3 is 5.97 Å². The summed E-state index contributed by atoms with van der Waals surface area (Å²) in [4.78, 5) is 25.2. The van der Waals surface area contributed by atoms with Crippen molar-refractivity contribution in [2.75, 3.05) is 54.1 Å². The van der Waals surface area contributed by atoms with Crippen LogP contribution in [0.3, 0.4) is 0 Å². The van der Waals surface area contributed by atoms with Crippen molar-refractivity contribution in [3.8, 4) is 0 Å². The quantitative estimate of drug-likeness (QED) is 0.0198. The van der Waals surface area contributed by atoms with Crippen LogP contribution in [-0.4, -0.2) is 70.7 Å². The fourth-order valence-corrected chi connectivity index (χ4v) is 7.44. The Labute approximate surface area is 377 Å². The molecule has 2 unspecified atom stereocenters. The third-order valence-corrected chi connectivity index (χ3v) is 11.5. The minimum absolute atomic E-state index is 0.0218. The second-order valence-electron chi connectivity index (χ2n) is 17.8. The zero-order valence-electron chi connectivity index (χ0n) is 40.4. The van der Waals surface area contributed by atoms with Crippen LogP contribution < -0.4 is 4.89 Å². The van der Waals surface area contributed by atoms with Crippen molar-refractivity contribution in [1.29, 1.82) is 0 Å². The highest BCUT2D eigenvalue weighted by molar-refractivity contribution is 7.45. The molecule has 0 aromatic heterocycles. The standard InChI is InChI=1S/C52H96NO7P/c1-6-8-10-12-14-16-18-20-22-24-26-27-28-29-31-33-35-37-39-41-43-45-52(54)60-51(50-59-61(55,56)58-48-46-53(3,4)5)49-57-47-44-42-40-38-36-34-32-30-25-23-21-19-17-15-13-11-9-7-2/h8,10,14,16,20-23,26-27,51H,6-7,9,11-13,15,17-19,24-25,28-50H2,1-5H3/b10-8-,16-14-,22-20-,23-21-,27-26-. The van der Waals surface area contributed by atoms with Crippen molar-refractivity contribution in [3.05, 3.63) is 60.8 Å². The lowest BCUT2D eigenvalue weighted by atomic mass is 10.1. The Morgan fingerprint density at radius 2 is 0.951 bits per heavy atom. The van der Waals surface area contributed by atoms with E-state index in [1.165, 1.54) is 122 Å². The number of hydrogen-bond acceptors (Lipinski definition) is 7. The highest BCUT2D eigenvalue weighted by Gasteiger charge is 2.20. The summed E-state index contributed by atoms with van der Waals surface area (Å²) >= 11 is 0. The first kappa shape index (κ1) is 59.2. The molecule has 0 bridgehead atoms. The average Bonchev–Trinajstić information content (AvgIpc) is 3.22. The summed E-state index contributed by atoms with van der Waals surface area (Å²) in [6.07, 6.45) is 56.6. The smallest absolute Gasteiger partial charge is 0.306 e. The fourth-order valence-electron chi connectivity index (χ4n) is 6.71. The van der Waals surface area contributed by atoms with Crippen molar-refractivity contribution >= 4 is 13.8 Å². The second kappa shape index (κ2) is 44.8. The minimum atomic E-state index is -4.53. The summed E-state index contributed by atoms with van der Waals surface area (Å²) in [6.45, 7) is 5.29. The van der Waals surface area contributed by atoms with E-state index < -0.39 is 13.9 Å². The summed E-state index contributed by atoms with van der Waals surface area (Å²) in [5.74, 6) is -0.344. The van der Waals surface area contributed by atoms with Gasteiger partial charge in [-0.25, -0.2) is 0 Å². The summed E-state index contributed by atoms with van der Waals surface area (Å²) in [5, 5.41) is 0. The predicted molar refractivity (Wildman–Crippen MR) is 259 cm³/mol. The Bertz CT molecular complexity index is 1160. The van der Waals surface area contributed by atoms with Gasteiger partial charge < -0.3 is 27.9 Å². The SMILES string of the molecule is CC/C=C\C/C=C\C/C=C\C/C=C\CCCCCCCCCCC(=O)OC(COCCCCCCCCCC/C=C\CCCCCCCC)COP(=O)([O-])OCC[N+](C)(C)C. The maximum atomic E-state index is 12.7. The second-order valence-corrected chi connectivity index (χ2v) is 19.2. The normalized spacial score (nSPS) is 14.1. The van der Waals surface area contributed by atoms with Gasteiger partial charge in [0.15, 0.2) is 0 Å². The molecule has 0 N–H and O–H groups in total. The number of quaternary nitrogens is 1. The number of rotatable bonds is 46. The zero-order chi connectivity index (χ0) is 44.8. The van der Waals surface area contributed by atoms with Crippen LogP contribution in [0.1, 0.15) is 206 Å². The number of esters is 1. The van der Waals surface area contributed by atoms with Gasteiger partial charge in [0.2, 0.25) is 0 Å². The van der Waals surface area contributed by atoms with E-state index in [-0.39, 0.29) is 25.8 Å². The molecule has 0 aromatic rings. The Morgan fingerprint density at radius 3 is 1.44 bits per heavy atom. The number of phosphoric ester groups is 1. The number of likely N-dealkylation sites (N-methyl/N-ethyl adjacent to an activating group) is 1. The molecule has 0 amide bonds. The third-order valence-electron chi connectivity index (χ3n) is 10.6. The molecule has 0 aromatic carbocycles. The largest absolute Gasteiger partial charge is 0.756 e. The Hall–Kier alpha value is -1.80. The lowest BCUT2D eigenvalue weighted by Gasteiger charge is -2.28. The molecule has 0 aliphatic heterocycles. The van der Waals surface area contributed by atoms with Gasteiger partial charge in [-0.15, -0.1) is 0 Å². The molecule has 9 heteroatoms. The van der Waals surface area contributed by atoms with Crippen molar-refractivity contribution in [3.63, 3.8) is 0 Å². The van der Waals surface area contributed by atoms with E-state index in [0.717, 1.165) is 64.2 Å². The van der Waals surface area contributed by atoms with Crippen molar-refractivity contribution in [2.45, 2.75) is 213 Å². The van der Waals surface area contributed by atoms with Gasteiger partial charge in [0.05, 0.1) is 34.4 Å². The van der Waals surface area contributed by atoms with Crippen LogP contribution in [0.25, 0.3) is 0 Å². The molecule has 0 aliphatic carbocycles. The summed E-state index contributed by atoms with van der Waals surface area (Å²) < 4.78 is 34.7. The molecule has 0 fully saturated rings. The number of carbonyl (C=O) groups is 1. The molecule has 0 aliphatic rings. The molecule has 0 spiro atoms. The van der Waals surface area contributed by atoms with Crippen molar-refractivity contribution < 1.29 is 37.3 Å². The minimum Gasteiger partial charge on any atom is -0.756 e. The summed E-state index contributed by atoms with van der Waals surface area (Å²) in [5.41, 5.74) is 0. The lowest BCUT2D eigenvalue weighted by Crippen LogP contribution is -2.37. The zero-order valence-corrected chi connectivity index (χ0v) is 41.2. The topological polar surface area (TPSA) is 94.1 Å². The van der Waals surface area contributed by atoms with Gasteiger partial charge in [0, 0.05) is 13.0 Å². The molecular formula is C52H96NO7P. The van der Waals surface area contributed by atoms with Gasteiger partial charge in [-0.1, -0.05) is 184 Å². The summed E-state index contributed by atoms with van der Waals surface area (Å²) in [7, 11) is 1.34. The van der Waals surface area contributed by atoms with E-state index in [4.69, 9.17) is 18.5 Å². The van der Waals surface area contributed by atoms with Crippen LogP contribution in [0.15, 0.2) is 60.8 Å². The van der Waals surface area contributed by atoms with Crippen LogP contribution in [0.2, 0.25) is 0 Å². The molecule has 0 radical (unpaired) electrons. The maximum Gasteiger partial charge on any atom is 0.306 e. The third kappa shape index (κ3) is 49.1. The molecule has 61 heavy (non-hydrogen) atoms. The van der Waals surface area contributed by atoms with E-state index in [1.54, 1.807) is 0 Å². The lowest BCUT2D eigenvalue weighted by molar-refractivity contribution is -0.870. The maximum absolute atomic E-state index is 12.7. The van der Waals surface area contributed by atoms with Crippen LogP contribution in [-0.2, 0) is 27.9 Å². The van der Waals surface area contributed by atoms with Crippen LogP contribution in [0, 0.1) is 0 Å². The first-order chi connectivity index (χ1) is 29.6. The number of hydrogen-bond donors (Lipinski definition) is 0. The number of nitrogens with zero attached hydrogens (tertiary/aromatic N) is 1. The molecule has 0 heterocycles. The molecule has 356 valence electrons. The van der Waals surface area contributed by atoms with Crippen LogP contribution >= 0.6 is 7.82 Å². The van der Waals surface area contributed by atoms with E-state index >= 15 is 0 Å². The molecule has 0 saturated carbocycles. The molecule has 8 nitrogen and oxygen atoms in total. The van der Waals surface area contributed by atoms with Gasteiger partial charge in [-0.3, -0.25) is 9.36 Å². The predicted octanol–water partition coefficient (Wildman–Crippen LogP) is 14.6. The highest BCUT2D eigenvalue weighted by atomic mass is 31.2. The van der Waals surface area contributed by atoms with Crippen molar-refractivity contribution in [2.24, 2.45) is 0 Å². The molecule has 2 atom stereocenters. The monoisotopic (exact) mass is 878 g/mol. The van der Waals surface area contributed by atoms with E-state index in [9.17, 15) is 14.3 Å². The number of carbonyl (C=O) groups excluding carboxylic acids is 1. The molecule has 0 rings (SSSR count). The Kier molecular flexibility index (Phi) is 43.5. The first-order valence-corrected chi connectivity index (χ1v) is 26.5. The molecular weight excluding hydrogens is 782 g/mol. The van der Waals surface area contributed by atoms with Crippen LogP contribution in [0.5, 0.6) is 0 Å². The summed E-state index contributed by atoms with van der Waals surface area (Å²) in [6, 6.07) is 0. The number of unbranched alkanes of at least 4 members (excludes halogenated alkanes) is 22. The van der Waals surface area contributed by atoms with Gasteiger partial charge in [-0.05, 0) is 77.0 Å². The van der Waals surface area contributed by atoms with Crippen molar-refractivity contribution in [1.82, 2.24) is 0 Å². The first-order valence-electron chi connectivity index (χ1n) is 25.0. The molecule has 0 saturated heterocycles. The van der Waals surface area contributed by atoms with Gasteiger partial charge in [-0.2, -0.15) is 0 Å². The Balaban J connectivity index is 4.19. The van der Waals surface area contributed by atoms with E-state index in [0.29, 0.717) is 24.1 Å². The number of ether oxygens (including phenoxy) is 2. The van der Waals surface area contributed by atoms with Gasteiger partial charge in [0.25, 0.3) is 7.82 Å². The average molecular weight is 878 g/mol. The number of phosphoric acid groups is 1. The number of allylic oxidation sites excluding steroid dienone is 10.